The van der Waals surface area contributed by atoms with Crippen molar-refractivity contribution in [3.8, 4) is 0 Å². The Kier molecular flexibility index (Phi) is 10.7. The van der Waals surface area contributed by atoms with E-state index < -0.39 is 0 Å². The molecule has 1 aliphatic carbocycles. The molecule has 0 aromatic rings. The SMILES string of the molecule is CCCCC(CC)(CCCOSC)C1C=C/C=C\CC(CC)=C1F. The Hall–Kier alpha value is -0.540. The van der Waals surface area contributed by atoms with Crippen LogP contribution in [0.15, 0.2) is 35.7 Å². The predicted octanol–water partition coefficient (Wildman–Crippen LogP) is 7.41. The van der Waals surface area contributed by atoms with Gasteiger partial charge in [-0.1, -0.05) is 57.9 Å². The largest absolute Gasteiger partial charge is 0.316 e. The summed E-state index contributed by atoms with van der Waals surface area (Å²) in [6.45, 7) is 7.26. The van der Waals surface area contributed by atoms with Gasteiger partial charge in [0.2, 0.25) is 0 Å². The molecule has 2 unspecified atom stereocenters. The summed E-state index contributed by atoms with van der Waals surface area (Å²) in [6.07, 6.45) is 18.2. The van der Waals surface area contributed by atoms with Crippen molar-refractivity contribution < 1.29 is 8.57 Å². The molecule has 1 aliphatic rings. The van der Waals surface area contributed by atoms with Gasteiger partial charge in [-0.2, -0.15) is 0 Å². The van der Waals surface area contributed by atoms with Gasteiger partial charge in [0.1, 0.15) is 5.83 Å². The summed E-state index contributed by atoms with van der Waals surface area (Å²) in [6, 6.07) is 0. The van der Waals surface area contributed by atoms with Gasteiger partial charge in [0.05, 0.1) is 6.61 Å². The molecule has 3 heteroatoms. The summed E-state index contributed by atoms with van der Waals surface area (Å²) >= 11 is 1.42. The lowest BCUT2D eigenvalue weighted by Gasteiger charge is -2.40. The lowest BCUT2D eigenvalue weighted by atomic mass is 9.65. The third kappa shape index (κ3) is 6.07. The van der Waals surface area contributed by atoms with Gasteiger partial charge in [-0.15, -0.1) is 0 Å². The smallest absolute Gasteiger partial charge is 0.107 e. The Morgan fingerprint density at radius 2 is 1.96 bits per heavy atom. The molecule has 0 aliphatic heterocycles. The Morgan fingerprint density at radius 3 is 2.58 bits per heavy atom. The second-order valence-corrected chi connectivity index (χ2v) is 7.28. The summed E-state index contributed by atoms with van der Waals surface area (Å²) in [4.78, 5) is 0. The highest BCUT2D eigenvalue weighted by atomic mass is 32.2. The molecule has 0 radical (unpaired) electrons. The molecule has 0 saturated carbocycles. The number of hydrogen-bond donors (Lipinski definition) is 0. The van der Waals surface area contributed by atoms with Gasteiger partial charge in [-0.05, 0) is 61.6 Å². The maximum Gasteiger partial charge on any atom is 0.107 e. The van der Waals surface area contributed by atoms with Crippen molar-refractivity contribution in [1.29, 1.82) is 0 Å². The minimum absolute atomic E-state index is 0.00393. The Balaban J connectivity index is 3.12. The van der Waals surface area contributed by atoms with Crippen LogP contribution in [0.25, 0.3) is 0 Å². The molecule has 0 saturated heterocycles. The van der Waals surface area contributed by atoms with Crippen LogP contribution in [0.4, 0.5) is 4.39 Å². The fourth-order valence-electron chi connectivity index (χ4n) is 3.76. The van der Waals surface area contributed by atoms with Crippen molar-refractivity contribution in [2.45, 2.75) is 72.1 Å². The Morgan fingerprint density at radius 1 is 1.21 bits per heavy atom. The first-order chi connectivity index (χ1) is 11.6. The highest BCUT2D eigenvalue weighted by molar-refractivity contribution is 7.93. The van der Waals surface area contributed by atoms with Gasteiger partial charge in [0.15, 0.2) is 0 Å². The fourth-order valence-corrected chi connectivity index (χ4v) is 4.04. The van der Waals surface area contributed by atoms with Crippen molar-refractivity contribution in [2.24, 2.45) is 11.3 Å². The van der Waals surface area contributed by atoms with Crippen LogP contribution in [0.2, 0.25) is 0 Å². The van der Waals surface area contributed by atoms with Crippen LogP contribution in [-0.2, 0) is 4.18 Å². The molecule has 138 valence electrons. The highest BCUT2D eigenvalue weighted by Gasteiger charge is 2.38. The minimum Gasteiger partial charge on any atom is -0.316 e. The number of unbranched alkanes of at least 4 members (excludes halogenated alkanes) is 1. The van der Waals surface area contributed by atoms with E-state index in [0.29, 0.717) is 0 Å². The van der Waals surface area contributed by atoms with E-state index in [1.165, 1.54) is 12.0 Å². The number of halogens is 1. The lowest BCUT2D eigenvalue weighted by Crippen LogP contribution is -2.31. The maximum atomic E-state index is 15.4. The summed E-state index contributed by atoms with van der Waals surface area (Å²) < 4.78 is 20.9. The normalized spacial score (nSPS) is 22.1. The van der Waals surface area contributed by atoms with Gasteiger partial charge in [0, 0.05) is 12.2 Å². The monoisotopic (exact) mass is 354 g/mol. The van der Waals surface area contributed by atoms with Crippen LogP contribution in [0.1, 0.15) is 72.1 Å². The average molecular weight is 355 g/mol. The molecule has 0 aromatic heterocycles. The van der Waals surface area contributed by atoms with E-state index >= 15 is 4.39 Å². The van der Waals surface area contributed by atoms with E-state index in [9.17, 15) is 0 Å². The van der Waals surface area contributed by atoms with Crippen LogP contribution in [0.3, 0.4) is 0 Å². The second-order valence-electron chi connectivity index (χ2n) is 6.71. The standard InChI is InChI=1S/C21H35FOS/c1-5-8-15-21(7-3,16-12-17-23-24-4)19-14-11-9-10-13-18(6-2)20(19)22/h9-11,14,19H,5-8,12-13,15-17H2,1-4H3/b10-9-,14-11?,20-18?. The van der Waals surface area contributed by atoms with Gasteiger partial charge < -0.3 is 4.18 Å². The molecule has 0 heterocycles. The van der Waals surface area contributed by atoms with Crippen molar-refractivity contribution in [2.75, 3.05) is 12.9 Å². The van der Waals surface area contributed by atoms with Crippen LogP contribution in [-0.4, -0.2) is 12.9 Å². The van der Waals surface area contributed by atoms with Gasteiger partial charge >= 0.3 is 0 Å². The first kappa shape index (κ1) is 21.5. The van der Waals surface area contributed by atoms with E-state index in [0.717, 1.165) is 63.5 Å². The maximum absolute atomic E-state index is 15.4. The van der Waals surface area contributed by atoms with Crippen LogP contribution < -0.4 is 0 Å². The molecule has 0 bridgehead atoms. The number of rotatable bonds is 11. The third-order valence-electron chi connectivity index (χ3n) is 5.36. The molecule has 0 amide bonds. The zero-order chi connectivity index (χ0) is 17.8. The zero-order valence-electron chi connectivity index (χ0n) is 15.9. The fraction of sp³-hybridized carbons (Fsp3) is 0.714. The van der Waals surface area contributed by atoms with E-state index in [2.05, 4.69) is 39.0 Å². The summed E-state index contributed by atoms with van der Waals surface area (Å²) in [7, 11) is 0. The molecule has 1 rings (SSSR count). The Bertz CT molecular complexity index is 441. The predicted molar refractivity (Wildman–Crippen MR) is 106 cm³/mol. The third-order valence-corrected chi connectivity index (χ3v) is 5.77. The Labute approximate surface area is 153 Å². The van der Waals surface area contributed by atoms with Crippen molar-refractivity contribution in [1.82, 2.24) is 0 Å². The minimum atomic E-state index is -0.0942. The first-order valence-electron chi connectivity index (χ1n) is 9.51. The summed E-state index contributed by atoms with van der Waals surface area (Å²) in [5, 5.41) is 0. The van der Waals surface area contributed by atoms with Crippen molar-refractivity contribution >= 4 is 12.0 Å². The number of hydrogen-bond acceptors (Lipinski definition) is 2. The van der Waals surface area contributed by atoms with E-state index in [4.69, 9.17) is 4.18 Å². The quantitative estimate of drug-likeness (QED) is 0.282. The van der Waals surface area contributed by atoms with E-state index in [-0.39, 0.29) is 17.2 Å². The van der Waals surface area contributed by atoms with Crippen LogP contribution in [0.5, 0.6) is 0 Å². The van der Waals surface area contributed by atoms with Gasteiger partial charge in [-0.25, -0.2) is 4.39 Å². The second kappa shape index (κ2) is 11.9. The molecule has 24 heavy (non-hydrogen) atoms. The molecular formula is C21H35FOS. The average Bonchev–Trinajstić information content (AvgIpc) is 2.59. The number of allylic oxidation sites excluding steroid dienone is 6. The molecule has 0 N–H and O–H groups in total. The van der Waals surface area contributed by atoms with Crippen LogP contribution >= 0.6 is 12.0 Å². The molecule has 0 fully saturated rings. The van der Waals surface area contributed by atoms with E-state index in [1.54, 1.807) is 0 Å². The van der Waals surface area contributed by atoms with Crippen molar-refractivity contribution in [3.63, 3.8) is 0 Å². The summed E-state index contributed by atoms with van der Waals surface area (Å²) in [5.74, 6) is 0.0325. The first-order valence-corrected chi connectivity index (χ1v) is 10.7. The van der Waals surface area contributed by atoms with E-state index in [1.807, 2.05) is 12.3 Å². The zero-order valence-corrected chi connectivity index (χ0v) is 16.8. The van der Waals surface area contributed by atoms with Crippen molar-refractivity contribution in [3.05, 3.63) is 35.7 Å². The lowest BCUT2D eigenvalue weighted by molar-refractivity contribution is 0.140. The van der Waals surface area contributed by atoms with Gasteiger partial charge in [-0.3, -0.25) is 0 Å². The molecule has 0 spiro atoms. The molecule has 1 nitrogen and oxygen atoms in total. The van der Waals surface area contributed by atoms with Gasteiger partial charge in [0.25, 0.3) is 0 Å². The highest BCUT2D eigenvalue weighted by Crippen LogP contribution is 2.47. The summed E-state index contributed by atoms with van der Waals surface area (Å²) in [5.41, 5.74) is 0.972. The molecule has 0 aromatic carbocycles. The molecular weight excluding hydrogens is 319 g/mol. The molecule has 2 atom stereocenters. The van der Waals surface area contributed by atoms with Crippen LogP contribution in [0, 0.1) is 11.3 Å². The topological polar surface area (TPSA) is 9.23 Å².